The van der Waals surface area contributed by atoms with Gasteiger partial charge in [0.1, 0.15) is 0 Å². The summed E-state index contributed by atoms with van der Waals surface area (Å²) in [6.45, 7) is 1.21. The van der Waals surface area contributed by atoms with Crippen molar-refractivity contribution in [1.29, 1.82) is 5.26 Å². The molecule has 0 aromatic heterocycles. The number of nitriles is 1. The number of carbonyl (C=O) groups excluding carboxylic acids is 1. The van der Waals surface area contributed by atoms with E-state index in [1.807, 2.05) is 48.2 Å². The van der Waals surface area contributed by atoms with E-state index in [0.717, 1.165) is 35.0 Å². The van der Waals surface area contributed by atoms with Gasteiger partial charge in [-0.1, -0.05) is 24.3 Å². The first-order valence-electron chi connectivity index (χ1n) is 8.13. The largest absolute Gasteiger partial charge is 0.361 e. The number of nitrogens with one attached hydrogen (secondary N) is 1. The lowest BCUT2D eigenvalue weighted by atomic mass is 10.2. The third-order valence-corrected chi connectivity index (χ3v) is 5.91. The summed E-state index contributed by atoms with van der Waals surface area (Å²) in [6, 6.07) is 18.0. The summed E-state index contributed by atoms with van der Waals surface area (Å²) < 4.78 is 0. The normalized spacial score (nSPS) is 13.5. The van der Waals surface area contributed by atoms with Crippen molar-refractivity contribution in [2.45, 2.75) is 16.2 Å². The minimum Gasteiger partial charge on any atom is -0.361 e. The van der Waals surface area contributed by atoms with Crippen molar-refractivity contribution in [1.82, 2.24) is 0 Å². The Balaban J connectivity index is 1.70. The zero-order valence-corrected chi connectivity index (χ0v) is 15.4. The quantitative estimate of drug-likeness (QED) is 0.799. The number of hydrogen-bond acceptors (Lipinski definition) is 5. The van der Waals surface area contributed by atoms with Gasteiger partial charge >= 0.3 is 0 Å². The van der Waals surface area contributed by atoms with E-state index in [4.69, 9.17) is 5.26 Å². The van der Waals surface area contributed by atoms with Crippen LogP contribution in [0.2, 0.25) is 0 Å². The third kappa shape index (κ3) is 4.71. The molecule has 4 nitrogen and oxygen atoms in total. The van der Waals surface area contributed by atoms with Crippen molar-refractivity contribution in [3.63, 3.8) is 0 Å². The Labute approximate surface area is 156 Å². The van der Waals surface area contributed by atoms with Gasteiger partial charge in [-0.3, -0.25) is 4.79 Å². The van der Waals surface area contributed by atoms with Crippen LogP contribution in [0.25, 0.3) is 0 Å². The van der Waals surface area contributed by atoms with Crippen LogP contribution in [0.4, 0.5) is 11.4 Å². The molecule has 128 valence electrons. The molecule has 0 unspecified atom stereocenters. The highest BCUT2D eigenvalue weighted by Gasteiger charge is 2.18. The molecular formula is C19H19N3OS2. The van der Waals surface area contributed by atoms with Crippen LogP contribution in [0.15, 0.2) is 58.3 Å². The number of carbonyl (C=O) groups is 1. The molecule has 25 heavy (non-hydrogen) atoms. The second-order valence-corrected chi connectivity index (χ2v) is 7.74. The lowest BCUT2D eigenvalue weighted by Gasteiger charge is -2.24. The standard InChI is InChI=1S/C19H19N3OS2/c20-10-13-25-17-8-3-1-6-15(17)21-19(23)14-22-11-5-12-24-18-9-4-2-7-16(18)22/h1-4,6-9H,5,11-14H2,(H,21,23). The maximum absolute atomic E-state index is 12.6. The fourth-order valence-corrected chi connectivity index (χ4v) is 4.41. The van der Waals surface area contributed by atoms with E-state index in [-0.39, 0.29) is 5.91 Å². The van der Waals surface area contributed by atoms with E-state index in [2.05, 4.69) is 28.4 Å². The van der Waals surface area contributed by atoms with E-state index >= 15 is 0 Å². The fraction of sp³-hybridized carbons (Fsp3) is 0.263. The van der Waals surface area contributed by atoms with E-state index in [0.29, 0.717) is 12.3 Å². The molecule has 2 aromatic rings. The average Bonchev–Trinajstić information content (AvgIpc) is 2.83. The first kappa shape index (κ1) is 17.7. The number of fused-ring (bicyclic) bond motifs is 1. The van der Waals surface area contributed by atoms with Gasteiger partial charge in [0.25, 0.3) is 0 Å². The summed E-state index contributed by atoms with van der Waals surface area (Å²) in [5.74, 6) is 1.40. The van der Waals surface area contributed by atoms with Gasteiger partial charge in [0, 0.05) is 16.3 Å². The Kier molecular flexibility index (Phi) is 6.26. The number of hydrogen-bond donors (Lipinski definition) is 1. The highest BCUT2D eigenvalue weighted by atomic mass is 32.2. The molecule has 0 aliphatic carbocycles. The number of nitrogens with zero attached hydrogens (tertiary/aromatic N) is 2. The molecule has 1 heterocycles. The predicted molar refractivity (Wildman–Crippen MR) is 105 cm³/mol. The molecular weight excluding hydrogens is 350 g/mol. The van der Waals surface area contributed by atoms with Crippen LogP contribution in [-0.2, 0) is 4.79 Å². The number of anilines is 2. The zero-order chi connectivity index (χ0) is 17.5. The molecule has 2 aromatic carbocycles. The highest BCUT2D eigenvalue weighted by Crippen LogP contribution is 2.33. The Morgan fingerprint density at radius 1 is 1.24 bits per heavy atom. The summed E-state index contributed by atoms with van der Waals surface area (Å²) in [5, 5.41) is 11.8. The number of para-hydroxylation sites is 2. The lowest BCUT2D eigenvalue weighted by molar-refractivity contribution is -0.115. The Bertz CT molecular complexity index is 788. The molecule has 3 rings (SSSR count). The molecule has 0 saturated heterocycles. The monoisotopic (exact) mass is 369 g/mol. The summed E-state index contributed by atoms with van der Waals surface area (Å²) in [7, 11) is 0. The van der Waals surface area contributed by atoms with Gasteiger partial charge in [0.2, 0.25) is 5.91 Å². The van der Waals surface area contributed by atoms with Crippen molar-refractivity contribution in [3.05, 3.63) is 48.5 Å². The van der Waals surface area contributed by atoms with Crippen molar-refractivity contribution >= 4 is 40.8 Å². The Morgan fingerprint density at radius 2 is 2.04 bits per heavy atom. The van der Waals surface area contributed by atoms with Crippen LogP contribution >= 0.6 is 23.5 Å². The van der Waals surface area contributed by atoms with Gasteiger partial charge in [-0.2, -0.15) is 5.26 Å². The second-order valence-electron chi connectivity index (χ2n) is 5.58. The van der Waals surface area contributed by atoms with Crippen LogP contribution in [0.3, 0.4) is 0 Å². The fourth-order valence-electron chi connectivity index (χ4n) is 2.73. The van der Waals surface area contributed by atoms with Gasteiger partial charge < -0.3 is 10.2 Å². The van der Waals surface area contributed by atoms with Gasteiger partial charge in [-0.15, -0.1) is 23.5 Å². The summed E-state index contributed by atoms with van der Waals surface area (Å²) in [6.07, 6.45) is 1.06. The van der Waals surface area contributed by atoms with Crippen molar-refractivity contribution < 1.29 is 4.79 Å². The third-order valence-electron chi connectivity index (χ3n) is 3.82. The molecule has 0 radical (unpaired) electrons. The summed E-state index contributed by atoms with van der Waals surface area (Å²) in [4.78, 5) is 16.9. The molecule has 0 bridgehead atoms. The Hall–Kier alpha value is -2.10. The second kappa shape index (κ2) is 8.84. The number of benzene rings is 2. The number of thioether (sulfide) groups is 2. The maximum atomic E-state index is 12.6. The molecule has 0 fully saturated rings. The van der Waals surface area contributed by atoms with Crippen LogP contribution in [0, 0.1) is 11.3 Å². The predicted octanol–water partition coefficient (Wildman–Crippen LogP) is 4.24. The minimum atomic E-state index is -0.0355. The molecule has 1 aliphatic rings. The SMILES string of the molecule is N#CCSc1ccccc1NC(=O)CN1CCCSc2ccccc21. The number of amides is 1. The average molecular weight is 370 g/mol. The molecule has 6 heteroatoms. The van der Waals surface area contributed by atoms with Crippen LogP contribution in [0.1, 0.15) is 6.42 Å². The van der Waals surface area contributed by atoms with E-state index < -0.39 is 0 Å². The van der Waals surface area contributed by atoms with Gasteiger partial charge in [-0.05, 0) is 36.4 Å². The molecule has 0 atom stereocenters. The first-order chi connectivity index (χ1) is 12.3. The molecule has 0 saturated carbocycles. The lowest BCUT2D eigenvalue weighted by Crippen LogP contribution is -2.34. The van der Waals surface area contributed by atoms with Crippen LogP contribution < -0.4 is 10.2 Å². The zero-order valence-electron chi connectivity index (χ0n) is 13.8. The maximum Gasteiger partial charge on any atom is 0.243 e. The van der Waals surface area contributed by atoms with Gasteiger partial charge in [0.05, 0.1) is 29.7 Å². The first-order valence-corrected chi connectivity index (χ1v) is 10.1. The van der Waals surface area contributed by atoms with Gasteiger partial charge in [-0.25, -0.2) is 0 Å². The van der Waals surface area contributed by atoms with Crippen LogP contribution in [0.5, 0.6) is 0 Å². The highest BCUT2D eigenvalue weighted by molar-refractivity contribution is 7.99. The molecule has 0 spiro atoms. The van der Waals surface area contributed by atoms with E-state index in [9.17, 15) is 4.79 Å². The summed E-state index contributed by atoms with van der Waals surface area (Å²) in [5.41, 5.74) is 1.90. The number of rotatable bonds is 5. The van der Waals surface area contributed by atoms with Crippen molar-refractivity contribution in [3.8, 4) is 6.07 Å². The van der Waals surface area contributed by atoms with Crippen molar-refractivity contribution in [2.24, 2.45) is 0 Å². The summed E-state index contributed by atoms with van der Waals surface area (Å²) >= 11 is 3.28. The van der Waals surface area contributed by atoms with Crippen molar-refractivity contribution in [2.75, 3.05) is 34.8 Å². The minimum absolute atomic E-state index is 0.0355. The van der Waals surface area contributed by atoms with Crippen LogP contribution in [-0.4, -0.2) is 30.5 Å². The van der Waals surface area contributed by atoms with E-state index in [1.165, 1.54) is 16.7 Å². The molecule has 1 amide bonds. The Morgan fingerprint density at radius 3 is 2.92 bits per heavy atom. The van der Waals surface area contributed by atoms with E-state index in [1.54, 1.807) is 0 Å². The molecule has 1 N–H and O–H groups in total. The topological polar surface area (TPSA) is 56.1 Å². The van der Waals surface area contributed by atoms with Gasteiger partial charge in [0.15, 0.2) is 0 Å². The molecule has 1 aliphatic heterocycles. The smallest absolute Gasteiger partial charge is 0.243 e.